The van der Waals surface area contributed by atoms with Crippen LogP contribution < -0.4 is 15.5 Å². The lowest BCUT2D eigenvalue weighted by Gasteiger charge is -2.25. The topological polar surface area (TPSA) is 154 Å². The average Bonchev–Trinajstić information content (AvgIpc) is 3.95. The molecule has 0 aliphatic heterocycles. The number of aryl methyl sites for hydroxylation is 2. The van der Waals surface area contributed by atoms with Crippen LogP contribution in [0.4, 0.5) is 61.6 Å². The summed E-state index contributed by atoms with van der Waals surface area (Å²) in [5, 5.41) is -2.68. The summed E-state index contributed by atoms with van der Waals surface area (Å²) in [6, 6.07) is 10.4. The second-order valence-corrected chi connectivity index (χ2v) is 19.2. The number of rotatable bonds is 25. The van der Waals surface area contributed by atoms with Gasteiger partial charge in [0.25, 0.3) is 5.91 Å². The van der Waals surface area contributed by atoms with Crippen molar-refractivity contribution in [2.24, 2.45) is 5.73 Å². The summed E-state index contributed by atoms with van der Waals surface area (Å²) in [6.45, 7) is 2.90. The van der Waals surface area contributed by atoms with E-state index < -0.39 is 86.9 Å². The maximum absolute atomic E-state index is 15.6. The Hall–Kier alpha value is -6.39. The summed E-state index contributed by atoms with van der Waals surface area (Å²) in [4.78, 5) is 59.0. The maximum atomic E-state index is 15.6. The van der Waals surface area contributed by atoms with E-state index in [9.17, 15) is 40.7 Å². The molecule has 6 aromatic rings. The van der Waals surface area contributed by atoms with Crippen LogP contribution in [0.15, 0.2) is 85.5 Å². The first kappa shape index (κ1) is 56.9. The van der Waals surface area contributed by atoms with Crippen LogP contribution in [0, 0.1) is 10.3 Å². The lowest BCUT2D eigenvalue weighted by atomic mass is 9.99. The highest BCUT2D eigenvalue weighted by molar-refractivity contribution is 7.15. The van der Waals surface area contributed by atoms with E-state index in [2.05, 4.69) is 33.8 Å². The van der Waals surface area contributed by atoms with E-state index >= 15 is 8.78 Å². The number of carbonyl (C=O) groups excluding carboxylic acids is 3. The number of aromatic nitrogens is 4. The lowest BCUT2D eigenvalue weighted by molar-refractivity contribution is -0.153. The number of nitrogens with two attached hydrogens (primary N) is 1. The van der Waals surface area contributed by atoms with Crippen molar-refractivity contribution in [3.8, 4) is 22.5 Å². The van der Waals surface area contributed by atoms with E-state index in [0.717, 1.165) is 57.4 Å². The molecule has 0 saturated carbocycles. The first-order chi connectivity index (χ1) is 35.4. The van der Waals surface area contributed by atoms with E-state index in [1.165, 1.54) is 73.3 Å². The molecule has 6 rings (SSSR count). The van der Waals surface area contributed by atoms with Crippen LogP contribution in [-0.2, 0) is 44.3 Å². The Kier molecular flexibility index (Phi) is 20.5. The SMILES string of the molecule is CCCCCCCCc1ccc(N(C(=O)OCOC(=O)CC(N)C(=O)N(c2ccc(CCCCCCCC)c(C(F)(F)F)c2)c2nc(-c3cccnc3)c(F)s2)c2nc(-c3cccnc3)c(F)s2)cc1C(F)(F)F. The highest BCUT2D eigenvalue weighted by atomic mass is 32.1. The molecule has 2 N–H and O–H groups in total. The smallest absolute Gasteiger partial charge is 0.423 e. The molecular formula is C52H55F8N7O5S2. The van der Waals surface area contributed by atoms with Crippen molar-refractivity contribution in [2.75, 3.05) is 16.6 Å². The van der Waals surface area contributed by atoms with E-state index in [1.807, 2.05) is 0 Å². The molecular weight excluding hydrogens is 1020 g/mol. The van der Waals surface area contributed by atoms with Gasteiger partial charge in [-0.25, -0.2) is 19.7 Å². The fraction of sp³-hybridized carbons (Fsp3) is 0.404. The van der Waals surface area contributed by atoms with Crippen molar-refractivity contribution in [3.63, 3.8) is 0 Å². The number of pyridine rings is 2. The number of anilines is 4. The van der Waals surface area contributed by atoms with E-state index in [4.69, 9.17) is 15.2 Å². The van der Waals surface area contributed by atoms with Crippen molar-refractivity contribution < 1.29 is 59.0 Å². The third-order valence-electron chi connectivity index (χ3n) is 11.8. The molecule has 0 saturated heterocycles. The number of ether oxygens (including phenoxy) is 2. The normalized spacial score (nSPS) is 12.1. The number of carbonyl (C=O) groups is 3. The van der Waals surface area contributed by atoms with Crippen LogP contribution in [0.3, 0.4) is 0 Å². The number of hydrogen-bond donors (Lipinski definition) is 1. The van der Waals surface area contributed by atoms with Crippen molar-refractivity contribution in [1.29, 1.82) is 0 Å². The fourth-order valence-electron chi connectivity index (χ4n) is 8.02. The number of amides is 2. The molecule has 74 heavy (non-hydrogen) atoms. The van der Waals surface area contributed by atoms with Gasteiger partial charge in [0.05, 0.1) is 35.0 Å². The van der Waals surface area contributed by atoms with E-state index in [0.29, 0.717) is 64.2 Å². The summed E-state index contributed by atoms with van der Waals surface area (Å²) in [5.74, 6) is -2.46. The Morgan fingerprint density at radius 2 is 1.07 bits per heavy atom. The molecule has 0 bridgehead atoms. The molecule has 0 aliphatic rings. The number of benzene rings is 2. The molecule has 22 heteroatoms. The Morgan fingerprint density at radius 1 is 0.622 bits per heavy atom. The van der Waals surface area contributed by atoms with Crippen LogP contribution in [0.5, 0.6) is 0 Å². The molecule has 2 aromatic carbocycles. The molecule has 1 unspecified atom stereocenters. The van der Waals surface area contributed by atoms with Crippen molar-refractivity contribution in [1.82, 2.24) is 19.9 Å². The standard InChI is InChI=1S/C52H55F8N7O5S2/c1-3-5-7-9-11-13-17-33-21-23-37(27-39(33)51(55,56)57)66(48-64-43(45(53)73-48)35-19-15-25-62-30-35)47(69)41(61)29-42(68)71-32-72-50(70)67(49-65-44(46(54)74-49)36-20-16-26-63-31-36)38-24-22-34(40(28-38)52(58,59)60)18-14-12-10-8-6-4-2/h15-16,19-28,30-31,41H,3-14,17-18,29,32,61H2,1-2H3. The van der Waals surface area contributed by atoms with Gasteiger partial charge in [-0.15, -0.1) is 0 Å². The zero-order chi connectivity index (χ0) is 53.4. The van der Waals surface area contributed by atoms with Crippen LogP contribution in [-0.4, -0.2) is 50.7 Å². The number of thiazole rings is 2. The van der Waals surface area contributed by atoms with Gasteiger partial charge in [0.15, 0.2) is 5.13 Å². The first-order valence-electron chi connectivity index (χ1n) is 24.2. The van der Waals surface area contributed by atoms with Gasteiger partial charge in [0.1, 0.15) is 11.4 Å². The Labute approximate surface area is 431 Å². The molecule has 4 aromatic heterocycles. The maximum Gasteiger partial charge on any atom is 0.423 e. The molecule has 1 atom stereocenters. The molecule has 0 fully saturated rings. The molecule has 0 aliphatic carbocycles. The number of unbranched alkanes of at least 4 members (excludes halogenated alkanes) is 10. The summed E-state index contributed by atoms with van der Waals surface area (Å²) in [7, 11) is 0. The summed E-state index contributed by atoms with van der Waals surface area (Å²) in [6.07, 6.45) is 3.48. The number of alkyl halides is 6. The summed E-state index contributed by atoms with van der Waals surface area (Å²) in [5.41, 5.74) is 3.17. The van der Waals surface area contributed by atoms with Gasteiger partial charge < -0.3 is 15.2 Å². The van der Waals surface area contributed by atoms with Gasteiger partial charge in [0.2, 0.25) is 22.2 Å². The van der Waals surface area contributed by atoms with Crippen LogP contribution >= 0.6 is 22.7 Å². The molecule has 396 valence electrons. The largest absolute Gasteiger partial charge is 0.428 e. The van der Waals surface area contributed by atoms with Crippen LogP contribution in [0.1, 0.15) is 120 Å². The second-order valence-electron chi connectivity index (χ2n) is 17.3. The predicted molar refractivity (Wildman–Crippen MR) is 267 cm³/mol. The molecule has 2 amide bonds. The van der Waals surface area contributed by atoms with E-state index in [1.54, 1.807) is 0 Å². The monoisotopic (exact) mass is 1070 g/mol. The van der Waals surface area contributed by atoms with Crippen molar-refractivity contribution >= 4 is 62.3 Å². The lowest BCUT2D eigenvalue weighted by Crippen LogP contribution is -2.43. The minimum Gasteiger partial charge on any atom is -0.428 e. The molecule has 4 heterocycles. The third-order valence-corrected chi connectivity index (χ3v) is 13.5. The Bertz CT molecular complexity index is 2800. The number of esters is 1. The van der Waals surface area contributed by atoms with Gasteiger partial charge in [0, 0.05) is 35.9 Å². The Morgan fingerprint density at radius 3 is 1.51 bits per heavy atom. The number of halogens is 8. The zero-order valence-electron chi connectivity index (χ0n) is 40.6. The summed E-state index contributed by atoms with van der Waals surface area (Å²) >= 11 is 0.655. The highest BCUT2D eigenvalue weighted by Gasteiger charge is 2.38. The number of nitrogens with zero attached hydrogens (tertiary/aromatic N) is 6. The van der Waals surface area contributed by atoms with Crippen LogP contribution in [0.25, 0.3) is 22.5 Å². The first-order valence-corrected chi connectivity index (χ1v) is 25.8. The predicted octanol–water partition coefficient (Wildman–Crippen LogP) is 14.7. The zero-order valence-corrected chi connectivity index (χ0v) is 42.2. The van der Waals surface area contributed by atoms with Gasteiger partial charge >= 0.3 is 24.4 Å². The fourth-order valence-corrected chi connectivity index (χ4v) is 9.70. The number of hydrogen-bond acceptors (Lipinski definition) is 12. The van der Waals surface area contributed by atoms with Crippen molar-refractivity contribution in [2.45, 2.75) is 129 Å². The summed E-state index contributed by atoms with van der Waals surface area (Å²) < 4.78 is 129. The van der Waals surface area contributed by atoms with Gasteiger partial charge in [-0.2, -0.15) is 35.1 Å². The van der Waals surface area contributed by atoms with Gasteiger partial charge in [-0.05, 0) is 85.3 Å². The second kappa shape index (κ2) is 26.7. The quantitative estimate of drug-likeness (QED) is 0.0254. The molecule has 12 nitrogen and oxygen atoms in total. The third kappa shape index (κ3) is 15.3. The highest BCUT2D eigenvalue weighted by Crippen LogP contribution is 2.42. The average molecular weight is 1070 g/mol. The van der Waals surface area contributed by atoms with Crippen molar-refractivity contribution in [3.05, 3.63) is 118 Å². The van der Waals surface area contributed by atoms with Crippen LogP contribution in [0.2, 0.25) is 0 Å². The van der Waals surface area contributed by atoms with Gasteiger partial charge in [-0.1, -0.05) is 113 Å². The van der Waals surface area contributed by atoms with Gasteiger partial charge in [-0.3, -0.25) is 24.5 Å². The minimum absolute atomic E-state index is 0.0262. The molecule has 0 radical (unpaired) electrons. The Balaban J connectivity index is 1.22. The molecule has 0 spiro atoms. The minimum atomic E-state index is -4.87. The van der Waals surface area contributed by atoms with E-state index in [-0.39, 0.29) is 52.2 Å².